The Morgan fingerprint density at radius 3 is 2.64 bits per heavy atom. The van der Waals surface area contributed by atoms with Gasteiger partial charge in [-0.3, -0.25) is 14.9 Å². The second-order valence-corrected chi connectivity index (χ2v) is 6.11. The van der Waals surface area contributed by atoms with Gasteiger partial charge in [0.1, 0.15) is 5.69 Å². The Bertz CT molecular complexity index is 591. The summed E-state index contributed by atoms with van der Waals surface area (Å²) in [6.45, 7) is 5.06. The highest BCUT2D eigenvalue weighted by atomic mass is 35.5. The van der Waals surface area contributed by atoms with Crippen LogP contribution < -0.4 is 11.5 Å². The lowest BCUT2D eigenvalue weighted by atomic mass is 9.79. The van der Waals surface area contributed by atoms with Crippen molar-refractivity contribution in [3.05, 3.63) is 33.9 Å². The second kappa shape index (κ2) is 6.50. The summed E-state index contributed by atoms with van der Waals surface area (Å²) < 4.78 is 0. The average Bonchev–Trinajstić information content (AvgIpc) is 2.41. The normalized spacial score (nSPS) is 20.1. The van der Waals surface area contributed by atoms with Gasteiger partial charge in [0.2, 0.25) is 0 Å². The van der Waals surface area contributed by atoms with Crippen molar-refractivity contribution in [1.82, 2.24) is 4.90 Å². The number of likely N-dealkylation sites (tertiary alicyclic amines) is 1. The summed E-state index contributed by atoms with van der Waals surface area (Å²) in [5.74, 6) is -0.281. The van der Waals surface area contributed by atoms with E-state index in [0.29, 0.717) is 19.5 Å². The Kier molecular flexibility index (Phi) is 5.37. The maximum absolute atomic E-state index is 12.6. The van der Waals surface area contributed by atoms with Crippen LogP contribution in [0.3, 0.4) is 0 Å². The number of hydrogen-bond donors (Lipinski definition) is 2. The third-order valence-corrected chi connectivity index (χ3v) is 4.11. The van der Waals surface area contributed by atoms with Crippen molar-refractivity contribution in [3.8, 4) is 0 Å². The lowest BCUT2D eigenvalue weighted by Gasteiger charge is -2.42. The van der Waals surface area contributed by atoms with E-state index < -0.39 is 4.92 Å². The van der Waals surface area contributed by atoms with Crippen LogP contribution in [0.15, 0.2) is 18.2 Å². The van der Waals surface area contributed by atoms with Crippen molar-refractivity contribution in [3.63, 3.8) is 0 Å². The molecule has 1 saturated heterocycles. The number of nitrogen functional groups attached to an aromatic ring is 1. The summed E-state index contributed by atoms with van der Waals surface area (Å²) in [4.78, 5) is 24.6. The Morgan fingerprint density at radius 1 is 1.45 bits per heavy atom. The first-order valence-electron chi connectivity index (χ1n) is 6.82. The number of hydrogen-bond acceptors (Lipinski definition) is 5. The minimum Gasteiger partial charge on any atom is -0.393 e. The number of rotatable bonds is 2. The molecule has 1 amide bonds. The van der Waals surface area contributed by atoms with Crippen molar-refractivity contribution in [2.75, 3.05) is 18.8 Å². The van der Waals surface area contributed by atoms with Crippen molar-refractivity contribution < 1.29 is 9.72 Å². The highest BCUT2D eigenvalue weighted by molar-refractivity contribution is 6.01. The van der Waals surface area contributed by atoms with Gasteiger partial charge in [-0.1, -0.05) is 19.9 Å². The molecule has 1 aliphatic rings. The standard InChI is InChI=1S/C14H20N4O3.ClH/c1-14(2)8-17(7-6-11(14)15)13(19)9-4-3-5-10(12(9)16)18(20)21;/h3-5,11H,6-8,15-16H2,1-2H3;1H. The lowest BCUT2D eigenvalue weighted by molar-refractivity contribution is -0.383. The van der Waals surface area contributed by atoms with Crippen molar-refractivity contribution in [2.24, 2.45) is 11.1 Å². The molecule has 0 bridgehead atoms. The first-order valence-corrected chi connectivity index (χ1v) is 6.82. The van der Waals surface area contributed by atoms with Crippen LogP contribution in [-0.4, -0.2) is 34.9 Å². The van der Waals surface area contributed by atoms with E-state index in [1.54, 1.807) is 4.90 Å². The molecule has 1 aromatic carbocycles. The van der Waals surface area contributed by atoms with Crippen LogP contribution in [0.25, 0.3) is 0 Å². The van der Waals surface area contributed by atoms with E-state index in [1.165, 1.54) is 18.2 Å². The van der Waals surface area contributed by atoms with Gasteiger partial charge in [-0.05, 0) is 17.9 Å². The van der Waals surface area contributed by atoms with E-state index in [-0.39, 0.29) is 46.7 Å². The number of nitro groups is 1. The number of nitrogens with zero attached hydrogens (tertiary/aromatic N) is 2. The lowest BCUT2D eigenvalue weighted by Crippen LogP contribution is -2.54. The topological polar surface area (TPSA) is 115 Å². The quantitative estimate of drug-likeness (QED) is 0.488. The van der Waals surface area contributed by atoms with Gasteiger partial charge in [0.05, 0.1) is 10.5 Å². The average molecular weight is 329 g/mol. The number of halogens is 1. The number of nitrogens with two attached hydrogens (primary N) is 2. The van der Waals surface area contributed by atoms with Gasteiger partial charge >= 0.3 is 0 Å². The van der Waals surface area contributed by atoms with Gasteiger partial charge in [0, 0.05) is 25.2 Å². The molecule has 8 heteroatoms. The third-order valence-electron chi connectivity index (χ3n) is 4.11. The number of piperidine rings is 1. The van der Waals surface area contributed by atoms with Crippen LogP contribution >= 0.6 is 12.4 Å². The Balaban J connectivity index is 0.00000242. The Hall–Kier alpha value is -1.86. The van der Waals surface area contributed by atoms with Gasteiger partial charge in [0.15, 0.2) is 0 Å². The number of amides is 1. The molecule has 0 spiro atoms. The molecule has 0 saturated carbocycles. The highest BCUT2D eigenvalue weighted by Crippen LogP contribution is 2.31. The molecular weight excluding hydrogens is 308 g/mol. The molecule has 1 atom stereocenters. The van der Waals surface area contributed by atoms with E-state index in [9.17, 15) is 14.9 Å². The molecular formula is C14H21ClN4O3. The Labute approximate surface area is 135 Å². The van der Waals surface area contributed by atoms with Crippen molar-refractivity contribution in [2.45, 2.75) is 26.3 Å². The molecule has 1 aromatic rings. The summed E-state index contributed by atoms with van der Waals surface area (Å²) in [5, 5.41) is 10.9. The maximum atomic E-state index is 12.6. The molecule has 0 aliphatic carbocycles. The number of benzene rings is 1. The van der Waals surface area contributed by atoms with E-state index >= 15 is 0 Å². The van der Waals surface area contributed by atoms with Gasteiger partial charge in [0.25, 0.3) is 11.6 Å². The van der Waals surface area contributed by atoms with Crippen LogP contribution in [0.5, 0.6) is 0 Å². The van der Waals surface area contributed by atoms with Crippen molar-refractivity contribution >= 4 is 29.7 Å². The molecule has 22 heavy (non-hydrogen) atoms. The van der Waals surface area contributed by atoms with E-state index in [0.717, 1.165) is 0 Å². The molecule has 4 N–H and O–H groups in total. The number of nitro benzene ring substituents is 1. The predicted octanol–water partition coefficient (Wildman–Crippen LogP) is 1.80. The SMILES string of the molecule is CC1(C)CN(C(=O)c2cccc([N+](=O)[O-])c2N)CCC1N.Cl. The largest absolute Gasteiger partial charge is 0.393 e. The molecule has 1 heterocycles. The smallest absolute Gasteiger partial charge is 0.292 e. The first kappa shape index (κ1) is 18.2. The maximum Gasteiger partial charge on any atom is 0.292 e. The predicted molar refractivity (Wildman–Crippen MR) is 87.0 cm³/mol. The van der Waals surface area contributed by atoms with E-state index in [4.69, 9.17) is 11.5 Å². The summed E-state index contributed by atoms with van der Waals surface area (Å²) in [6, 6.07) is 4.32. The fourth-order valence-corrected chi connectivity index (χ4v) is 2.62. The molecule has 0 aromatic heterocycles. The van der Waals surface area contributed by atoms with Gasteiger partial charge in [-0.2, -0.15) is 0 Å². The van der Waals surface area contributed by atoms with Crippen LogP contribution in [-0.2, 0) is 0 Å². The fraction of sp³-hybridized carbons (Fsp3) is 0.500. The zero-order chi connectivity index (χ0) is 15.8. The van der Waals surface area contributed by atoms with Crippen LogP contribution in [0.4, 0.5) is 11.4 Å². The number of carbonyl (C=O) groups excluding carboxylic acids is 1. The van der Waals surface area contributed by atoms with Crippen molar-refractivity contribution in [1.29, 1.82) is 0 Å². The zero-order valence-corrected chi connectivity index (χ0v) is 13.4. The zero-order valence-electron chi connectivity index (χ0n) is 12.6. The molecule has 0 radical (unpaired) electrons. The molecule has 1 fully saturated rings. The van der Waals surface area contributed by atoms with Crippen LogP contribution in [0.1, 0.15) is 30.6 Å². The van der Waals surface area contributed by atoms with Gasteiger partial charge < -0.3 is 16.4 Å². The number of anilines is 1. The summed E-state index contributed by atoms with van der Waals surface area (Å²) in [7, 11) is 0. The third kappa shape index (κ3) is 3.31. The van der Waals surface area contributed by atoms with Gasteiger partial charge in [-0.25, -0.2) is 0 Å². The second-order valence-electron chi connectivity index (χ2n) is 6.11. The molecule has 1 unspecified atom stereocenters. The molecule has 7 nitrogen and oxygen atoms in total. The highest BCUT2D eigenvalue weighted by Gasteiger charge is 2.36. The summed E-state index contributed by atoms with van der Waals surface area (Å²) in [6.07, 6.45) is 0.702. The van der Waals surface area contributed by atoms with Gasteiger partial charge in [-0.15, -0.1) is 12.4 Å². The van der Waals surface area contributed by atoms with E-state index in [1.807, 2.05) is 13.8 Å². The molecule has 2 rings (SSSR count). The molecule has 1 aliphatic heterocycles. The minimum absolute atomic E-state index is 0. The first-order chi connectivity index (χ1) is 9.74. The minimum atomic E-state index is -0.581. The number of carbonyl (C=O) groups is 1. The summed E-state index contributed by atoms with van der Waals surface area (Å²) >= 11 is 0. The Morgan fingerprint density at radius 2 is 2.09 bits per heavy atom. The van der Waals surface area contributed by atoms with Crippen LogP contribution in [0.2, 0.25) is 0 Å². The summed E-state index contributed by atoms with van der Waals surface area (Å²) in [5.41, 5.74) is 11.5. The molecule has 122 valence electrons. The number of para-hydroxylation sites is 1. The van der Waals surface area contributed by atoms with E-state index in [2.05, 4.69) is 0 Å². The van der Waals surface area contributed by atoms with Crippen LogP contribution in [0, 0.1) is 15.5 Å². The monoisotopic (exact) mass is 328 g/mol. The fourth-order valence-electron chi connectivity index (χ4n) is 2.62.